The number of aliphatic hydroxyl groups is 1. The van der Waals surface area contributed by atoms with E-state index >= 15 is 0 Å². The highest BCUT2D eigenvalue weighted by molar-refractivity contribution is 7.19. The fourth-order valence-corrected chi connectivity index (χ4v) is 5.53. The van der Waals surface area contributed by atoms with Crippen molar-refractivity contribution in [3.05, 3.63) is 92.4 Å². The largest absolute Gasteiger partial charge is 0.385 e. The van der Waals surface area contributed by atoms with Crippen LogP contribution in [0.15, 0.2) is 53.8 Å². The average Bonchev–Trinajstić information content (AvgIpc) is 3.18. The van der Waals surface area contributed by atoms with E-state index in [4.69, 9.17) is 0 Å². The molecule has 0 bridgehead atoms. The molecule has 1 aromatic carbocycles. The summed E-state index contributed by atoms with van der Waals surface area (Å²) in [5, 5.41) is 13.3. The first-order valence-electron chi connectivity index (χ1n) is 11.5. The zero-order valence-corrected chi connectivity index (χ0v) is 21.2. The van der Waals surface area contributed by atoms with Crippen LogP contribution in [0.5, 0.6) is 0 Å². The predicted molar refractivity (Wildman–Crippen MR) is 137 cm³/mol. The lowest BCUT2D eigenvalue weighted by Crippen LogP contribution is -2.27. The van der Waals surface area contributed by atoms with Gasteiger partial charge in [-0.1, -0.05) is 12.1 Å². The van der Waals surface area contributed by atoms with Crippen LogP contribution in [0.4, 0.5) is 4.39 Å². The van der Waals surface area contributed by atoms with E-state index in [0.29, 0.717) is 29.0 Å². The molecule has 1 atom stereocenters. The fraction of sp³-hybridized carbons (Fsp3) is 0.308. The van der Waals surface area contributed by atoms with Gasteiger partial charge in [-0.15, -0.1) is 11.3 Å². The van der Waals surface area contributed by atoms with Crippen molar-refractivity contribution in [3.63, 3.8) is 0 Å². The summed E-state index contributed by atoms with van der Waals surface area (Å²) >= 11 is 1.42. The maximum atomic E-state index is 13.2. The molecular formula is C26H28FN5O3S. The van der Waals surface area contributed by atoms with Gasteiger partial charge in [-0.05, 0) is 37.2 Å². The molecule has 0 unspecified atom stereocenters. The summed E-state index contributed by atoms with van der Waals surface area (Å²) in [5.74, 6) is -0.609. The Bertz CT molecular complexity index is 1420. The number of benzene rings is 1. The van der Waals surface area contributed by atoms with Crippen molar-refractivity contribution in [2.75, 3.05) is 13.6 Å². The number of thiophene rings is 1. The van der Waals surface area contributed by atoms with E-state index in [1.165, 1.54) is 23.5 Å². The number of hydrogen-bond donors (Lipinski definition) is 2. The third-order valence-corrected chi connectivity index (χ3v) is 7.26. The number of hydrogen-bond acceptors (Lipinski definition) is 7. The molecule has 10 heteroatoms. The van der Waals surface area contributed by atoms with Crippen molar-refractivity contribution >= 4 is 27.5 Å². The highest BCUT2D eigenvalue weighted by atomic mass is 32.1. The number of aryl methyl sites for hydroxylation is 2. The molecule has 36 heavy (non-hydrogen) atoms. The lowest BCUT2D eigenvalue weighted by atomic mass is 10.1. The molecule has 0 fully saturated rings. The molecule has 3 heterocycles. The van der Waals surface area contributed by atoms with Gasteiger partial charge in [0.05, 0.1) is 28.5 Å². The smallest absolute Gasteiger partial charge is 0.224 e. The second kappa shape index (κ2) is 11.1. The molecule has 0 aliphatic carbocycles. The Labute approximate surface area is 212 Å². The molecule has 2 N–H and O–H groups in total. The van der Waals surface area contributed by atoms with Crippen molar-refractivity contribution in [2.45, 2.75) is 32.5 Å². The van der Waals surface area contributed by atoms with Gasteiger partial charge in [0.1, 0.15) is 11.9 Å². The number of carbonyl (C=O) groups excluding carboxylic acids is 1. The van der Waals surface area contributed by atoms with Gasteiger partial charge in [0.15, 0.2) is 0 Å². The van der Waals surface area contributed by atoms with Crippen LogP contribution in [-0.2, 0) is 31.4 Å². The first-order valence-corrected chi connectivity index (χ1v) is 12.3. The Hall–Kier alpha value is -3.47. The molecule has 0 saturated carbocycles. The number of pyridine rings is 1. The van der Waals surface area contributed by atoms with E-state index in [0.717, 1.165) is 21.5 Å². The van der Waals surface area contributed by atoms with Crippen molar-refractivity contribution in [1.29, 1.82) is 0 Å². The summed E-state index contributed by atoms with van der Waals surface area (Å²) in [4.78, 5) is 36.9. The minimum Gasteiger partial charge on any atom is -0.385 e. The number of carbonyl (C=O) groups is 1. The number of amides is 1. The molecule has 3 aromatic heterocycles. The Morgan fingerprint density at radius 2 is 2.03 bits per heavy atom. The molecule has 4 rings (SSSR count). The van der Waals surface area contributed by atoms with Crippen LogP contribution < -0.4 is 10.7 Å². The molecule has 8 nitrogen and oxygen atoms in total. The maximum absolute atomic E-state index is 13.2. The van der Waals surface area contributed by atoms with Crippen molar-refractivity contribution in [3.8, 4) is 0 Å². The van der Waals surface area contributed by atoms with Crippen LogP contribution in [0, 0.1) is 12.7 Å². The van der Waals surface area contributed by atoms with Crippen LogP contribution in [0.3, 0.4) is 0 Å². The number of fused-ring (bicyclic) bond motifs is 1. The lowest BCUT2D eigenvalue weighted by Gasteiger charge is -2.19. The quantitative estimate of drug-likeness (QED) is 0.360. The fourth-order valence-electron chi connectivity index (χ4n) is 4.13. The topological polar surface area (TPSA) is 100 Å². The van der Waals surface area contributed by atoms with E-state index in [-0.39, 0.29) is 30.1 Å². The SMILES string of the molecule is Cc1c(CN(C)C[C@@H](O)c2cnccn2)sc2c(=O)c(CC(=O)NCc3ccc(F)cc3)cn(C)c12. The maximum Gasteiger partial charge on any atom is 0.224 e. The van der Waals surface area contributed by atoms with E-state index in [9.17, 15) is 19.1 Å². The van der Waals surface area contributed by atoms with E-state index in [2.05, 4.69) is 15.3 Å². The summed E-state index contributed by atoms with van der Waals surface area (Å²) in [5.41, 5.74) is 3.40. The number of halogens is 1. The Balaban J connectivity index is 1.47. The monoisotopic (exact) mass is 509 g/mol. The Morgan fingerprint density at radius 1 is 1.28 bits per heavy atom. The van der Waals surface area contributed by atoms with Gasteiger partial charge < -0.3 is 15.0 Å². The van der Waals surface area contributed by atoms with Crippen molar-refractivity contribution < 1.29 is 14.3 Å². The van der Waals surface area contributed by atoms with Gasteiger partial charge in [0.25, 0.3) is 0 Å². The number of aliphatic hydroxyl groups excluding tert-OH is 1. The molecule has 188 valence electrons. The normalized spacial score (nSPS) is 12.3. The van der Waals surface area contributed by atoms with Crippen LogP contribution in [0.25, 0.3) is 10.2 Å². The van der Waals surface area contributed by atoms with Crippen molar-refractivity contribution in [2.24, 2.45) is 7.05 Å². The second-order valence-electron chi connectivity index (χ2n) is 8.85. The van der Waals surface area contributed by atoms with Gasteiger partial charge in [0.2, 0.25) is 11.3 Å². The summed E-state index contributed by atoms with van der Waals surface area (Å²) in [7, 11) is 3.77. The summed E-state index contributed by atoms with van der Waals surface area (Å²) < 4.78 is 15.6. The van der Waals surface area contributed by atoms with Gasteiger partial charge in [0, 0.05) is 55.7 Å². The number of aromatic nitrogens is 3. The number of likely N-dealkylation sites (N-methyl/N-ethyl adjacent to an activating group) is 1. The lowest BCUT2D eigenvalue weighted by molar-refractivity contribution is -0.120. The zero-order chi connectivity index (χ0) is 25.8. The van der Waals surface area contributed by atoms with E-state index in [1.807, 2.05) is 30.5 Å². The summed E-state index contributed by atoms with van der Waals surface area (Å²) in [6.07, 6.45) is 5.55. The Morgan fingerprint density at radius 3 is 2.72 bits per heavy atom. The van der Waals surface area contributed by atoms with Gasteiger partial charge in [-0.25, -0.2) is 4.39 Å². The molecule has 4 aromatic rings. The minimum absolute atomic E-state index is 0.0414. The molecule has 0 saturated heterocycles. The third kappa shape index (κ3) is 5.84. The number of nitrogens with zero attached hydrogens (tertiary/aromatic N) is 4. The van der Waals surface area contributed by atoms with Crippen LogP contribution >= 0.6 is 11.3 Å². The van der Waals surface area contributed by atoms with Crippen LogP contribution in [0.1, 0.15) is 33.4 Å². The predicted octanol–water partition coefficient (Wildman–Crippen LogP) is 2.86. The third-order valence-electron chi connectivity index (χ3n) is 5.99. The molecular weight excluding hydrogens is 481 g/mol. The molecule has 0 aliphatic rings. The van der Waals surface area contributed by atoms with Gasteiger partial charge in [-0.2, -0.15) is 0 Å². The van der Waals surface area contributed by atoms with E-state index in [1.54, 1.807) is 36.9 Å². The molecule has 1 amide bonds. The standard InChI is InChI=1S/C26H28FN5O3S/c1-16-22(15-31(2)14-21(33)20-12-28-8-9-29-20)36-26-24(16)32(3)13-18(25(26)35)10-23(34)30-11-17-4-6-19(27)7-5-17/h4-9,12-13,21,33H,10-11,14-15H2,1-3H3,(H,30,34)/t21-/m1/s1. The molecule has 0 aliphatic heterocycles. The van der Waals surface area contributed by atoms with Crippen LogP contribution in [0.2, 0.25) is 0 Å². The zero-order valence-electron chi connectivity index (χ0n) is 20.4. The highest BCUT2D eigenvalue weighted by Crippen LogP contribution is 2.30. The highest BCUT2D eigenvalue weighted by Gasteiger charge is 2.19. The van der Waals surface area contributed by atoms with E-state index < -0.39 is 6.10 Å². The second-order valence-corrected chi connectivity index (χ2v) is 9.95. The first kappa shape index (κ1) is 25.6. The van der Waals surface area contributed by atoms with Crippen LogP contribution in [-0.4, -0.2) is 44.0 Å². The first-order chi connectivity index (χ1) is 17.2. The average molecular weight is 510 g/mol. The van der Waals surface area contributed by atoms with Gasteiger partial charge >= 0.3 is 0 Å². The summed E-state index contributed by atoms with van der Waals surface area (Å²) in [6.45, 7) is 3.16. The molecule has 0 radical (unpaired) electrons. The number of rotatable bonds is 9. The Kier molecular flexibility index (Phi) is 7.88. The molecule has 0 spiro atoms. The number of nitrogens with one attached hydrogen (secondary N) is 1. The van der Waals surface area contributed by atoms with Gasteiger partial charge in [-0.3, -0.25) is 24.5 Å². The summed E-state index contributed by atoms with van der Waals surface area (Å²) in [6, 6.07) is 5.91. The van der Waals surface area contributed by atoms with Crippen molar-refractivity contribution in [1.82, 2.24) is 24.8 Å². The minimum atomic E-state index is -0.774.